The molecule has 0 saturated carbocycles. The van der Waals surface area contributed by atoms with Crippen LogP contribution in [0.25, 0.3) is 0 Å². The quantitative estimate of drug-likeness (QED) is 0.778. The normalized spacial score (nSPS) is 22.4. The predicted octanol–water partition coefficient (Wildman–Crippen LogP) is 2.16. The van der Waals surface area contributed by atoms with Crippen molar-refractivity contribution in [3.05, 3.63) is 47.5 Å². The number of amides is 1. The van der Waals surface area contributed by atoms with Crippen molar-refractivity contribution in [3.63, 3.8) is 0 Å². The SMILES string of the molecule is CC1=CC(OC(=O)N2CCCC2C(=O)OCc2ccccc2)OC1=O. The second kappa shape index (κ2) is 7.38. The molecule has 2 aliphatic heterocycles. The van der Waals surface area contributed by atoms with Crippen LogP contribution in [-0.4, -0.2) is 41.8 Å². The van der Waals surface area contributed by atoms with Crippen molar-refractivity contribution < 1.29 is 28.6 Å². The van der Waals surface area contributed by atoms with E-state index in [9.17, 15) is 14.4 Å². The Morgan fingerprint density at radius 1 is 1.28 bits per heavy atom. The summed E-state index contributed by atoms with van der Waals surface area (Å²) in [6.45, 7) is 2.13. The van der Waals surface area contributed by atoms with Crippen LogP contribution >= 0.6 is 0 Å². The Labute approximate surface area is 145 Å². The van der Waals surface area contributed by atoms with Crippen LogP contribution in [0.3, 0.4) is 0 Å². The van der Waals surface area contributed by atoms with Crippen LogP contribution in [0.4, 0.5) is 4.79 Å². The van der Waals surface area contributed by atoms with Crippen LogP contribution in [0, 0.1) is 0 Å². The number of cyclic esters (lactones) is 1. The van der Waals surface area contributed by atoms with Gasteiger partial charge in [-0.1, -0.05) is 30.3 Å². The summed E-state index contributed by atoms with van der Waals surface area (Å²) >= 11 is 0. The molecule has 7 heteroatoms. The van der Waals surface area contributed by atoms with E-state index in [1.807, 2.05) is 30.3 Å². The van der Waals surface area contributed by atoms with E-state index in [1.54, 1.807) is 6.92 Å². The molecule has 2 unspecified atom stereocenters. The van der Waals surface area contributed by atoms with Crippen LogP contribution in [0.2, 0.25) is 0 Å². The molecule has 7 nitrogen and oxygen atoms in total. The highest BCUT2D eigenvalue weighted by Gasteiger charge is 2.38. The van der Waals surface area contributed by atoms with Gasteiger partial charge in [-0.25, -0.2) is 14.4 Å². The van der Waals surface area contributed by atoms with Crippen molar-refractivity contribution in [2.24, 2.45) is 0 Å². The first-order valence-corrected chi connectivity index (χ1v) is 8.12. The molecule has 0 bridgehead atoms. The van der Waals surface area contributed by atoms with Gasteiger partial charge in [-0.3, -0.25) is 4.90 Å². The average Bonchev–Trinajstić information content (AvgIpc) is 3.21. The van der Waals surface area contributed by atoms with Gasteiger partial charge in [-0.15, -0.1) is 0 Å². The number of esters is 2. The summed E-state index contributed by atoms with van der Waals surface area (Å²) in [7, 11) is 0. The first-order valence-electron chi connectivity index (χ1n) is 8.12. The Morgan fingerprint density at radius 2 is 2.04 bits per heavy atom. The predicted molar refractivity (Wildman–Crippen MR) is 86.1 cm³/mol. The third kappa shape index (κ3) is 3.99. The van der Waals surface area contributed by atoms with E-state index in [0.29, 0.717) is 25.0 Å². The summed E-state index contributed by atoms with van der Waals surface area (Å²) in [5, 5.41) is 0. The van der Waals surface area contributed by atoms with Crippen molar-refractivity contribution in [2.45, 2.75) is 38.7 Å². The molecule has 0 aliphatic carbocycles. The third-order valence-electron chi connectivity index (χ3n) is 4.13. The van der Waals surface area contributed by atoms with Gasteiger partial charge in [0.15, 0.2) is 0 Å². The average molecular weight is 345 g/mol. The molecule has 2 heterocycles. The van der Waals surface area contributed by atoms with Gasteiger partial charge in [0.1, 0.15) is 12.6 Å². The fraction of sp³-hybridized carbons (Fsp3) is 0.389. The third-order valence-corrected chi connectivity index (χ3v) is 4.13. The first-order chi connectivity index (χ1) is 12.0. The highest BCUT2D eigenvalue weighted by atomic mass is 16.7. The van der Waals surface area contributed by atoms with E-state index < -0.39 is 30.4 Å². The van der Waals surface area contributed by atoms with Gasteiger partial charge in [0.2, 0.25) is 0 Å². The van der Waals surface area contributed by atoms with Crippen LogP contribution in [0.15, 0.2) is 42.0 Å². The maximum Gasteiger partial charge on any atom is 0.413 e. The Hall–Kier alpha value is -2.83. The molecule has 132 valence electrons. The fourth-order valence-corrected chi connectivity index (χ4v) is 2.78. The molecule has 25 heavy (non-hydrogen) atoms. The summed E-state index contributed by atoms with van der Waals surface area (Å²) < 4.78 is 15.3. The summed E-state index contributed by atoms with van der Waals surface area (Å²) in [6.07, 6.45) is 0.894. The zero-order valence-corrected chi connectivity index (χ0v) is 13.8. The van der Waals surface area contributed by atoms with Crippen LogP contribution in [0.5, 0.6) is 0 Å². The summed E-state index contributed by atoms with van der Waals surface area (Å²) in [6, 6.07) is 8.64. The Balaban J connectivity index is 1.55. The number of carbonyl (C=O) groups excluding carboxylic acids is 3. The Kier molecular flexibility index (Phi) is 5.02. The summed E-state index contributed by atoms with van der Waals surface area (Å²) in [4.78, 5) is 37.2. The molecule has 0 radical (unpaired) electrons. The van der Waals surface area contributed by atoms with Gasteiger partial charge in [0, 0.05) is 18.2 Å². The zero-order valence-electron chi connectivity index (χ0n) is 13.8. The summed E-state index contributed by atoms with van der Waals surface area (Å²) in [5.74, 6) is -0.980. The molecular weight excluding hydrogens is 326 g/mol. The van der Waals surface area contributed by atoms with Gasteiger partial charge < -0.3 is 14.2 Å². The topological polar surface area (TPSA) is 82.1 Å². The van der Waals surface area contributed by atoms with Crippen molar-refractivity contribution in [1.82, 2.24) is 4.90 Å². The second-order valence-electron chi connectivity index (χ2n) is 5.95. The number of benzene rings is 1. The fourth-order valence-electron chi connectivity index (χ4n) is 2.78. The standard InChI is InChI=1S/C18H19NO6/c1-12-10-15(24-16(12)20)25-18(22)19-9-5-8-14(19)17(21)23-11-13-6-3-2-4-7-13/h2-4,6-7,10,14-15H,5,8-9,11H2,1H3. The number of carbonyl (C=O) groups is 3. The molecule has 0 N–H and O–H groups in total. The monoisotopic (exact) mass is 345 g/mol. The van der Waals surface area contributed by atoms with Gasteiger partial charge in [-0.05, 0) is 25.3 Å². The second-order valence-corrected chi connectivity index (χ2v) is 5.95. The highest BCUT2D eigenvalue weighted by Crippen LogP contribution is 2.22. The molecular formula is C18H19NO6. The number of ether oxygens (including phenoxy) is 3. The van der Waals surface area contributed by atoms with Gasteiger partial charge in [0.25, 0.3) is 6.29 Å². The van der Waals surface area contributed by atoms with Crippen molar-refractivity contribution in [3.8, 4) is 0 Å². The number of hydrogen-bond donors (Lipinski definition) is 0. The molecule has 1 fully saturated rings. The smallest absolute Gasteiger partial charge is 0.413 e. The van der Waals surface area contributed by atoms with E-state index >= 15 is 0 Å². The van der Waals surface area contributed by atoms with Crippen molar-refractivity contribution in [2.75, 3.05) is 6.54 Å². The maximum absolute atomic E-state index is 12.3. The maximum atomic E-state index is 12.3. The molecule has 1 aromatic carbocycles. The first kappa shape index (κ1) is 17.0. The van der Waals surface area contributed by atoms with Crippen LogP contribution < -0.4 is 0 Å². The van der Waals surface area contributed by atoms with E-state index in [1.165, 1.54) is 11.0 Å². The number of rotatable bonds is 4. The van der Waals surface area contributed by atoms with Gasteiger partial charge >= 0.3 is 18.0 Å². The molecule has 1 saturated heterocycles. The lowest BCUT2D eigenvalue weighted by Gasteiger charge is -2.23. The molecule has 2 aliphatic rings. The van der Waals surface area contributed by atoms with E-state index in [-0.39, 0.29) is 6.61 Å². The van der Waals surface area contributed by atoms with Crippen molar-refractivity contribution >= 4 is 18.0 Å². The number of nitrogens with zero attached hydrogens (tertiary/aromatic N) is 1. The molecule has 0 aromatic heterocycles. The van der Waals surface area contributed by atoms with Crippen LogP contribution in [0.1, 0.15) is 25.3 Å². The van der Waals surface area contributed by atoms with E-state index in [4.69, 9.17) is 14.2 Å². The Morgan fingerprint density at radius 3 is 2.72 bits per heavy atom. The van der Waals surface area contributed by atoms with Gasteiger partial charge in [-0.2, -0.15) is 0 Å². The molecule has 3 rings (SSSR count). The van der Waals surface area contributed by atoms with E-state index in [2.05, 4.69) is 0 Å². The number of likely N-dealkylation sites (tertiary alicyclic amines) is 1. The van der Waals surface area contributed by atoms with E-state index in [0.717, 1.165) is 5.56 Å². The van der Waals surface area contributed by atoms with Crippen molar-refractivity contribution in [1.29, 1.82) is 0 Å². The minimum absolute atomic E-state index is 0.154. The largest absolute Gasteiger partial charge is 0.459 e. The van der Waals surface area contributed by atoms with Gasteiger partial charge in [0.05, 0.1) is 0 Å². The molecule has 0 spiro atoms. The lowest BCUT2D eigenvalue weighted by Crippen LogP contribution is -2.42. The number of hydrogen-bond acceptors (Lipinski definition) is 6. The highest BCUT2D eigenvalue weighted by molar-refractivity contribution is 5.90. The Bertz CT molecular complexity index is 699. The molecule has 2 atom stereocenters. The summed E-state index contributed by atoms with van der Waals surface area (Å²) in [5.41, 5.74) is 1.26. The molecule has 1 aromatic rings. The zero-order chi connectivity index (χ0) is 17.8. The molecule has 1 amide bonds. The minimum Gasteiger partial charge on any atom is -0.459 e. The minimum atomic E-state index is -1.04. The lowest BCUT2D eigenvalue weighted by atomic mass is 10.2. The lowest BCUT2D eigenvalue weighted by molar-refractivity contribution is -0.155. The van der Waals surface area contributed by atoms with Crippen LogP contribution in [-0.2, 0) is 30.4 Å².